The van der Waals surface area contributed by atoms with Crippen LogP contribution in [0.5, 0.6) is 0 Å². The second-order valence-corrected chi connectivity index (χ2v) is 6.05. The van der Waals surface area contributed by atoms with Crippen LogP contribution in [-0.4, -0.2) is 31.2 Å². The molecule has 9 heteroatoms. The van der Waals surface area contributed by atoms with Crippen molar-refractivity contribution in [1.82, 2.24) is 19.6 Å². The van der Waals surface area contributed by atoms with Crippen LogP contribution in [0.3, 0.4) is 0 Å². The fraction of sp³-hybridized carbons (Fsp3) is 0.200. The fourth-order valence-electron chi connectivity index (χ4n) is 2.12. The van der Waals surface area contributed by atoms with E-state index < -0.39 is 17.5 Å². The number of halogens is 2. The summed E-state index contributed by atoms with van der Waals surface area (Å²) < 4.78 is 27.9. The van der Waals surface area contributed by atoms with Gasteiger partial charge in [-0.1, -0.05) is 11.8 Å². The van der Waals surface area contributed by atoms with E-state index in [1.54, 1.807) is 4.52 Å². The first kappa shape index (κ1) is 16.3. The number of carbonyl (C=O) groups is 1. The van der Waals surface area contributed by atoms with Gasteiger partial charge in [-0.2, -0.15) is 4.98 Å². The van der Waals surface area contributed by atoms with Gasteiger partial charge < -0.3 is 5.32 Å². The summed E-state index contributed by atoms with van der Waals surface area (Å²) in [6.07, 6.45) is 0. The highest BCUT2D eigenvalue weighted by Gasteiger charge is 2.12. The summed E-state index contributed by atoms with van der Waals surface area (Å²) in [6, 6.07) is 4.84. The Labute approximate surface area is 140 Å². The lowest BCUT2D eigenvalue weighted by atomic mass is 10.3. The van der Waals surface area contributed by atoms with Gasteiger partial charge in [0.25, 0.3) is 5.78 Å². The van der Waals surface area contributed by atoms with Crippen LogP contribution in [0, 0.1) is 25.5 Å². The lowest BCUT2D eigenvalue weighted by molar-refractivity contribution is -0.113. The van der Waals surface area contributed by atoms with Crippen molar-refractivity contribution in [2.24, 2.45) is 0 Å². The van der Waals surface area contributed by atoms with Crippen molar-refractivity contribution >= 4 is 29.1 Å². The number of hydrogen-bond acceptors (Lipinski definition) is 5. The van der Waals surface area contributed by atoms with Gasteiger partial charge in [-0.25, -0.2) is 18.3 Å². The average Bonchev–Trinajstić information content (AvgIpc) is 2.91. The summed E-state index contributed by atoms with van der Waals surface area (Å²) in [5.74, 6) is -1.52. The van der Waals surface area contributed by atoms with Crippen LogP contribution in [0.1, 0.15) is 11.4 Å². The van der Waals surface area contributed by atoms with Gasteiger partial charge in [-0.3, -0.25) is 4.79 Å². The molecule has 24 heavy (non-hydrogen) atoms. The molecular weight excluding hydrogens is 336 g/mol. The van der Waals surface area contributed by atoms with Crippen LogP contribution in [0.15, 0.2) is 29.4 Å². The molecule has 0 bridgehead atoms. The third-order valence-corrected chi connectivity index (χ3v) is 3.97. The van der Waals surface area contributed by atoms with Crippen LogP contribution >= 0.6 is 11.8 Å². The number of benzene rings is 1. The molecule has 0 radical (unpaired) electrons. The van der Waals surface area contributed by atoms with Crippen LogP contribution in [-0.2, 0) is 4.79 Å². The Morgan fingerprint density at radius 3 is 2.79 bits per heavy atom. The van der Waals surface area contributed by atoms with Crippen LogP contribution < -0.4 is 5.32 Å². The van der Waals surface area contributed by atoms with E-state index in [4.69, 9.17) is 0 Å². The highest BCUT2D eigenvalue weighted by molar-refractivity contribution is 7.99. The number of nitrogens with one attached hydrogen (secondary N) is 1. The molecule has 3 aromatic rings. The standard InChI is InChI=1S/C15H13F2N5OS/c1-8-5-9(2)22-14(18-8)20-15(21-22)24-7-13(23)19-12-4-3-10(16)6-11(12)17/h3-6H,7H2,1-2H3,(H,19,23). The Bertz CT molecular complexity index is 928. The largest absolute Gasteiger partial charge is 0.323 e. The third kappa shape index (κ3) is 3.51. The molecule has 0 unspecified atom stereocenters. The normalized spacial score (nSPS) is 11.0. The van der Waals surface area contributed by atoms with Crippen molar-refractivity contribution in [3.05, 3.63) is 47.3 Å². The second-order valence-electron chi connectivity index (χ2n) is 5.11. The van der Waals surface area contributed by atoms with Gasteiger partial charge in [0.1, 0.15) is 11.6 Å². The molecule has 0 fully saturated rings. The Hall–Kier alpha value is -2.55. The number of fused-ring (bicyclic) bond motifs is 1. The molecule has 1 aromatic carbocycles. The van der Waals surface area contributed by atoms with Gasteiger partial charge in [0.15, 0.2) is 0 Å². The maximum Gasteiger partial charge on any atom is 0.253 e. The molecule has 0 aliphatic heterocycles. The SMILES string of the molecule is Cc1cc(C)n2nc(SCC(=O)Nc3ccc(F)cc3F)nc2n1. The summed E-state index contributed by atoms with van der Waals surface area (Å²) in [7, 11) is 0. The number of nitrogens with zero attached hydrogens (tertiary/aromatic N) is 4. The van der Waals surface area contributed by atoms with E-state index in [0.29, 0.717) is 17.0 Å². The van der Waals surface area contributed by atoms with Crippen molar-refractivity contribution in [3.63, 3.8) is 0 Å². The number of anilines is 1. The molecule has 0 spiro atoms. The Morgan fingerprint density at radius 1 is 1.25 bits per heavy atom. The minimum atomic E-state index is -0.825. The molecule has 0 atom stereocenters. The van der Waals surface area contributed by atoms with Gasteiger partial charge in [0.2, 0.25) is 11.1 Å². The lowest BCUT2D eigenvalue weighted by Crippen LogP contribution is -2.15. The topological polar surface area (TPSA) is 72.2 Å². The number of aryl methyl sites for hydroxylation is 2. The minimum Gasteiger partial charge on any atom is -0.323 e. The molecule has 6 nitrogen and oxygen atoms in total. The number of carbonyl (C=O) groups excluding carboxylic acids is 1. The number of amides is 1. The Kier molecular flexibility index (Phi) is 4.43. The van der Waals surface area contributed by atoms with Crippen LogP contribution in [0.2, 0.25) is 0 Å². The minimum absolute atomic E-state index is 0.00821. The zero-order valence-corrected chi connectivity index (χ0v) is 13.7. The predicted octanol–water partition coefficient (Wildman–Crippen LogP) is 2.75. The van der Waals surface area contributed by atoms with E-state index in [1.807, 2.05) is 19.9 Å². The maximum absolute atomic E-state index is 13.5. The first-order valence-electron chi connectivity index (χ1n) is 7.01. The molecule has 1 amide bonds. The molecule has 124 valence electrons. The Balaban J connectivity index is 1.67. The zero-order chi connectivity index (χ0) is 17.3. The van der Waals surface area contributed by atoms with E-state index >= 15 is 0 Å². The number of hydrogen-bond donors (Lipinski definition) is 1. The summed E-state index contributed by atoms with van der Waals surface area (Å²) in [4.78, 5) is 20.4. The molecule has 1 N–H and O–H groups in total. The second kappa shape index (κ2) is 6.52. The van der Waals surface area contributed by atoms with Gasteiger partial charge >= 0.3 is 0 Å². The van der Waals surface area contributed by atoms with Gasteiger partial charge in [-0.05, 0) is 32.0 Å². The third-order valence-electron chi connectivity index (χ3n) is 3.14. The molecule has 3 rings (SSSR count). The summed E-state index contributed by atoms with van der Waals surface area (Å²) in [5.41, 5.74) is 1.64. The van der Waals surface area contributed by atoms with Gasteiger partial charge in [0.05, 0.1) is 11.4 Å². The Morgan fingerprint density at radius 2 is 2.04 bits per heavy atom. The van der Waals surface area contributed by atoms with E-state index in [9.17, 15) is 13.6 Å². The lowest BCUT2D eigenvalue weighted by Gasteiger charge is -2.05. The fourth-order valence-corrected chi connectivity index (χ4v) is 2.73. The van der Waals surface area contributed by atoms with Crippen molar-refractivity contribution in [2.75, 3.05) is 11.1 Å². The number of thioether (sulfide) groups is 1. The molecule has 0 saturated heterocycles. The first-order valence-corrected chi connectivity index (χ1v) is 7.99. The van der Waals surface area contributed by atoms with E-state index in [2.05, 4.69) is 20.4 Å². The zero-order valence-electron chi connectivity index (χ0n) is 12.9. The molecule has 0 saturated carbocycles. The van der Waals surface area contributed by atoms with Gasteiger partial charge in [-0.15, -0.1) is 5.10 Å². The van der Waals surface area contributed by atoms with Crippen LogP contribution in [0.25, 0.3) is 5.78 Å². The quantitative estimate of drug-likeness (QED) is 0.733. The van der Waals surface area contributed by atoms with Crippen molar-refractivity contribution < 1.29 is 13.6 Å². The van der Waals surface area contributed by atoms with Crippen LogP contribution in [0.4, 0.5) is 14.5 Å². The molecule has 0 aliphatic carbocycles. The predicted molar refractivity (Wildman–Crippen MR) is 86.0 cm³/mol. The van der Waals surface area contributed by atoms with Crippen molar-refractivity contribution in [2.45, 2.75) is 19.0 Å². The maximum atomic E-state index is 13.5. The number of aromatic nitrogens is 4. The monoisotopic (exact) mass is 349 g/mol. The molecule has 0 aliphatic rings. The van der Waals surface area contributed by atoms with Crippen molar-refractivity contribution in [3.8, 4) is 0 Å². The summed E-state index contributed by atoms with van der Waals surface area (Å²) in [5, 5.41) is 7.04. The average molecular weight is 349 g/mol. The molecular formula is C15H13F2N5OS. The van der Waals surface area contributed by atoms with Gasteiger partial charge in [0, 0.05) is 17.5 Å². The van der Waals surface area contributed by atoms with E-state index in [-0.39, 0.29) is 11.4 Å². The number of rotatable bonds is 4. The highest BCUT2D eigenvalue weighted by atomic mass is 32.2. The first-order chi connectivity index (χ1) is 11.4. The van der Waals surface area contributed by atoms with E-state index in [1.165, 1.54) is 6.07 Å². The smallest absolute Gasteiger partial charge is 0.253 e. The molecule has 2 heterocycles. The highest BCUT2D eigenvalue weighted by Crippen LogP contribution is 2.18. The van der Waals surface area contributed by atoms with E-state index in [0.717, 1.165) is 29.2 Å². The summed E-state index contributed by atoms with van der Waals surface area (Å²) >= 11 is 1.11. The summed E-state index contributed by atoms with van der Waals surface area (Å²) in [6.45, 7) is 3.74. The molecule has 2 aromatic heterocycles. The van der Waals surface area contributed by atoms with Crippen molar-refractivity contribution in [1.29, 1.82) is 0 Å².